The van der Waals surface area contributed by atoms with Crippen molar-refractivity contribution in [3.05, 3.63) is 66.7 Å². The van der Waals surface area contributed by atoms with E-state index in [1.54, 1.807) is 42.5 Å². The van der Waals surface area contributed by atoms with E-state index in [1.807, 2.05) is 24.3 Å². The number of rotatable bonds is 8. The van der Waals surface area contributed by atoms with Gasteiger partial charge in [0.2, 0.25) is 0 Å². The van der Waals surface area contributed by atoms with Crippen LogP contribution in [0.2, 0.25) is 0 Å². The molecule has 0 saturated carbocycles. The zero-order valence-corrected chi connectivity index (χ0v) is 18.7. The first-order valence-corrected chi connectivity index (χ1v) is 12.0. The zero-order valence-electron chi connectivity index (χ0n) is 17.9. The number of hydrogen-bond donors (Lipinski definition) is 1. The number of carbonyl (C=O) groups excluding carboxylic acids is 1. The highest BCUT2D eigenvalue weighted by Crippen LogP contribution is 2.26. The highest BCUT2D eigenvalue weighted by atomic mass is 32.2. The lowest BCUT2D eigenvalue weighted by Crippen LogP contribution is -2.35. The van der Waals surface area contributed by atoms with E-state index in [0.29, 0.717) is 18.0 Å². The maximum atomic E-state index is 13.1. The molecule has 1 atom stereocenters. The van der Waals surface area contributed by atoms with Crippen LogP contribution < -0.4 is 14.4 Å². The summed E-state index contributed by atoms with van der Waals surface area (Å²) in [5, 5.41) is 4.64. The van der Waals surface area contributed by atoms with E-state index in [1.165, 1.54) is 11.4 Å². The molecule has 0 unspecified atom stereocenters. The number of anilines is 1. The molecule has 1 amide bonds. The van der Waals surface area contributed by atoms with Gasteiger partial charge in [-0.15, -0.1) is 0 Å². The van der Waals surface area contributed by atoms with Crippen LogP contribution in [-0.2, 0) is 19.6 Å². The summed E-state index contributed by atoms with van der Waals surface area (Å²) >= 11 is 0. The van der Waals surface area contributed by atoms with Crippen LogP contribution in [-0.4, -0.2) is 47.2 Å². The standard InChI is InChI=1S/C24H26N2O5S/c1-26(32(28,29)23-13-8-18-5-2-3-6-19(18)15-23)20-9-11-21(12-10-20)31-17-24(27)25-16-22-7-4-14-30-22/h2-3,5-6,8-13,15,22H,4,7,14,16-17H2,1H3,(H,25,27)/t22-/m1/s1. The second-order valence-electron chi connectivity index (χ2n) is 7.70. The summed E-state index contributed by atoms with van der Waals surface area (Å²) in [5.41, 5.74) is 0.494. The molecule has 1 aliphatic heterocycles. The van der Waals surface area contributed by atoms with Crippen LogP contribution in [0, 0.1) is 0 Å². The van der Waals surface area contributed by atoms with E-state index in [9.17, 15) is 13.2 Å². The maximum absolute atomic E-state index is 13.1. The number of nitrogens with zero attached hydrogens (tertiary/aromatic N) is 1. The molecule has 8 heteroatoms. The predicted octanol–water partition coefficient (Wildman–Crippen LogP) is 3.34. The molecule has 0 spiro atoms. The topological polar surface area (TPSA) is 84.9 Å². The molecule has 3 aromatic carbocycles. The molecule has 0 radical (unpaired) electrons. The van der Waals surface area contributed by atoms with Crippen molar-refractivity contribution in [3.63, 3.8) is 0 Å². The van der Waals surface area contributed by atoms with Gasteiger partial charge in [-0.1, -0.05) is 30.3 Å². The van der Waals surface area contributed by atoms with Gasteiger partial charge in [0.25, 0.3) is 15.9 Å². The normalized spacial score (nSPS) is 16.1. The average molecular weight is 455 g/mol. The minimum Gasteiger partial charge on any atom is -0.484 e. The summed E-state index contributed by atoms with van der Waals surface area (Å²) < 4.78 is 38.4. The minimum absolute atomic E-state index is 0.0818. The largest absolute Gasteiger partial charge is 0.484 e. The molecule has 4 rings (SSSR count). The first-order valence-electron chi connectivity index (χ1n) is 10.5. The fourth-order valence-electron chi connectivity index (χ4n) is 3.61. The molecule has 1 aliphatic rings. The molecule has 0 bridgehead atoms. The first kappa shape index (κ1) is 22.1. The van der Waals surface area contributed by atoms with E-state index in [4.69, 9.17) is 9.47 Å². The van der Waals surface area contributed by atoms with Crippen LogP contribution in [0.4, 0.5) is 5.69 Å². The van der Waals surface area contributed by atoms with Gasteiger partial charge in [-0.25, -0.2) is 8.42 Å². The van der Waals surface area contributed by atoms with Crippen LogP contribution in [0.25, 0.3) is 10.8 Å². The number of sulfonamides is 1. The van der Waals surface area contributed by atoms with Gasteiger partial charge in [-0.2, -0.15) is 0 Å². The molecular weight excluding hydrogens is 428 g/mol. The summed E-state index contributed by atoms with van der Waals surface area (Å²) in [4.78, 5) is 12.2. The Morgan fingerprint density at radius 3 is 2.56 bits per heavy atom. The summed E-state index contributed by atoms with van der Waals surface area (Å²) in [7, 11) is -2.21. The van der Waals surface area contributed by atoms with E-state index in [2.05, 4.69) is 5.32 Å². The van der Waals surface area contributed by atoms with Gasteiger partial charge in [0, 0.05) is 20.2 Å². The smallest absolute Gasteiger partial charge is 0.264 e. The molecule has 1 heterocycles. The SMILES string of the molecule is CN(c1ccc(OCC(=O)NC[C@H]2CCCO2)cc1)S(=O)(=O)c1ccc2ccccc2c1. The summed E-state index contributed by atoms with van der Waals surface area (Å²) in [6.07, 6.45) is 2.06. The fourth-order valence-corrected chi connectivity index (χ4v) is 4.84. The van der Waals surface area contributed by atoms with E-state index in [-0.39, 0.29) is 23.5 Å². The lowest BCUT2D eigenvalue weighted by Gasteiger charge is -2.20. The Kier molecular flexibility index (Phi) is 6.62. The fraction of sp³-hybridized carbons (Fsp3) is 0.292. The van der Waals surface area contributed by atoms with Gasteiger partial charge >= 0.3 is 0 Å². The average Bonchev–Trinajstić information content (AvgIpc) is 3.34. The first-order chi connectivity index (χ1) is 15.4. The van der Waals surface area contributed by atoms with Crippen LogP contribution in [0.1, 0.15) is 12.8 Å². The summed E-state index contributed by atoms with van der Waals surface area (Å²) in [5.74, 6) is 0.262. The Balaban J connectivity index is 1.37. The molecule has 3 aromatic rings. The van der Waals surface area contributed by atoms with Crippen LogP contribution in [0.5, 0.6) is 5.75 Å². The predicted molar refractivity (Wildman–Crippen MR) is 123 cm³/mol. The van der Waals surface area contributed by atoms with Gasteiger partial charge in [0.1, 0.15) is 5.75 Å². The van der Waals surface area contributed by atoms with E-state index < -0.39 is 10.0 Å². The van der Waals surface area contributed by atoms with Crippen LogP contribution in [0.3, 0.4) is 0 Å². The molecule has 0 aliphatic carbocycles. The highest BCUT2D eigenvalue weighted by molar-refractivity contribution is 7.92. The van der Waals surface area contributed by atoms with Crippen molar-refractivity contribution in [2.45, 2.75) is 23.8 Å². The number of amides is 1. The summed E-state index contributed by atoms with van der Waals surface area (Å²) in [6.45, 7) is 1.12. The van der Waals surface area contributed by atoms with Crippen molar-refractivity contribution in [1.29, 1.82) is 0 Å². The molecule has 168 valence electrons. The second kappa shape index (κ2) is 9.58. The molecule has 1 N–H and O–H groups in total. The van der Waals surface area contributed by atoms with Crippen molar-refractivity contribution >= 4 is 32.4 Å². The minimum atomic E-state index is -3.72. The third-order valence-corrected chi connectivity index (χ3v) is 7.28. The van der Waals surface area contributed by atoms with Crippen molar-refractivity contribution in [2.75, 3.05) is 31.1 Å². The van der Waals surface area contributed by atoms with E-state index in [0.717, 1.165) is 30.2 Å². The maximum Gasteiger partial charge on any atom is 0.264 e. The number of nitrogens with one attached hydrogen (secondary N) is 1. The molecule has 7 nitrogen and oxygen atoms in total. The number of carbonyl (C=O) groups is 1. The molecule has 32 heavy (non-hydrogen) atoms. The van der Waals surface area contributed by atoms with Gasteiger partial charge in [-0.05, 0) is 60.0 Å². The molecule has 1 saturated heterocycles. The van der Waals surface area contributed by atoms with Crippen molar-refractivity contribution in [3.8, 4) is 5.75 Å². The van der Waals surface area contributed by atoms with Crippen molar-refractivity contribution in [1.82, 2.24) is 5.32 Å². The number of fused-ring (bicyclic) bond motifs is 1. The molecular formula is C24H26N2O5S. The Morgan fingerprint density at radius 1 is 1.09 bits per heavy atom. The van der Waals surface area contributed by atoms with Crippen LogP contribution in [0.15, 0.2) is 71.6 Å². The van der Waals surface area contributed by atoms with Gasteiger partial charge in [0.15, 0.2) is 6.61 Å². The third-order valence-electron chi connectivity index (χ3n) is 5.50. The Morgan fingerprint density at radius 2 is 1.84 bits per heavy atom. The second-order valence-corrected chi connectivity index (χ2v) is 9.67. The third kappa shape index (κ3) is 5.03. The Bertz CT molecular complexity index is 1190. The highest BCUT2D eigenvalue weighted by Gasteiger charge is 2.22. The van der Waals surface area contributed by atoms with Crippen LogP contribution >= 0.6 is 0 Å². The molecule has 0 aromatic heterocycles. The van der Waals surface area contributed by atoms with Crippen molar-refractivity contribution < 1.29 is 22.7 Å². The van der Waals surface area contributed by atoms with Gasteiger partial charge in [-0.3, -0.25) is 9.10 Å². The number of ether oxygens (including phenoxy) is 2. The molecule has 1 fully saturated rings. The Labute approximate surface area is 188 Å². The lowest BCUT2D eigenvalue weighted by molar-refractivity contribution is -0.123. The number of hydrogen-bond acceptors (Lipinski definition) is 5. The van der Waals surface area contributed by atoms with Gasteiger partial charge < -0.3 is 14.8 Å². The monoisotopic (exact) mass is 454 g/mol. The summed E-state index contributed by atoms with van der Waals surface area (Å²) in [6, 6.07) is 19.3. The quantitative estimate of drug-likeness (QED) is 0.564. The van der Waals surface area contributed by atoms with Gasteiger partial charge in [0.05, 0.1) is 16.7 Å². The van der Waals surface area contributed by atoms with Crippen molar-refractivity contribution in [2.24, 2.45) is 0 Å². The Hall–Kier alpha value is -3.10. The number of benzene rings is 3. The lowest BCUT2D eigenvalue weighted by atomic mass is 10.1. The zero-order chi connectivity index (χ0) is 22.6. The van der Waals surface area contributed by atoms with E-state index >= 15 is 0 Å².